The van der Waals surface area contributed by atoms with Crippen molar-refractivity contribution in [3.63, 3.8) is 0 Å². The molecular formula is C17H22BrN3O. The van der Waals surface area contributed by atoms with Crippen LogP contribution in [0.1, 0.15) is 32.3 Å². The molecule has 22 heavy (non-hydrogen) atoms. The van der Waals surface area contributed by atoms with Gasteiger partial charge in [-0.3, -0.25) is 0 Å². The lowest BCUT2D eigenvalue weighted by atomic mass is 10.2. The number of hydrogen-bond donors (Lipinski definition) is 0. The summed E-state index contributed by atoms with van der Waals surface area (Å²) in [7, 11) is 0. The van der Waals surface area contributed by atoms with E-state index in [9.17, 15) is 0 Å². The minimum Gasteiger partial charge on any atom is -0.493 e. The summed E-state index contributed by atoms with van der Waals surface area (Å²) in [6, 6.07) is 10.0. The molecule has 0 aliphatic carbocycles. The molecule has 0 saturated heterocycles. The first kappa shape index (κ1) is 16.7. The van der Waals surface area contributed by atoms with E-state index in [4.69, 9.17) is 4.74 Å². The average molecular weight is 364 g/mol. The van der Waals surface area contributed by atoms with Crippen LogP contribution in [0.4, 0.5) is 5.82 Å². The third-order valence-electron chi connectivity index (χ3n) is 3.40. The molecule has 5 heteroatoms. The monoisotopic (exact) mass is 363 g/mol. The van der Waals surface area contributed by atoms with Gasteiger partial charge < -0.3 is 9.64 Å². The fraction of sp³-hybridized carbons (Fsp3) is 0.412. The van der Waals surface area contributed by atoms with E-state index in [-0.39, 0.29) is 0 Å². The molecule has 1 heterocycles. The van der Waals surface area contributed by atoms with E-state index < -0.39 is 0 Å². The van der Waals surface area contributed by atoms with Gasteiger partial charge in [0.05, 0.1) is 6.61 Å². The highest BCUT2D eigenvalue weighted by Gasteiger charge is 2.11. The Balaban J connectivity index is 2.17. The van der Waals surface area contributed by atoms with Gasteiger partial charge in [-0.05, 0) is 43.7 Å². The number of ether oxygens (including phenoxy) is 1. The summed E-state index contributed by atoms with van der Waals surface area (Å²) < 4.78 is 6.99. The summed E-state index contributed by atoms with van der Waals surface area (Å²) >= 11 is 3.54. The van der Waals surface area contributed by atoms with E-state index in [0.29, 0.717) is 0 Å². The SMILES string of the molecule is CCCCOc1ccc(Br)cc1CN(CC)c1cccnn1. The summed E-state index contributed by atoms with van der Waals surface area (Å²) in [5.41, 5.74) is 1.15. The van der Waals surface area contributed by atoms with Gasteiger partial charge in [-0.25, -0.2) is 0 Å². The molecule has 0 N–H and O–H groups in total. The Hall–Kier alpha value is -1.62. The van der Waals surface area contributed by atoms with Crippen LogP contribution in [0.3, 0.4) is 0 Å². The van der Waals surface area contributed by atoms with Crippen molar-refractivity contribution >= 4 is 21.7 Å². The number of rotatable bonds is 8. The molecule has 2 aromatic rings. The first-order valence-corrected chi connectivity index (χ1v) is 8.47. The number of nitrogens with zero attached hydrogens (tertiary/aromatic N) is 3. The van der Waals surface area contributed by atoms with Crippen molar-refractivity contribution in [3.8, 4) is 5.75 Å². The van der Waals surface area contributed by atoms with Crippen LogP contribution in [-0.4, -0.2) is 23.3 Å². The number of halogens is 1. The smallest absolute Gasteiger partial charge is 0.151 e. The number of benzene rings is 1. The van der Waals surface area contributed by atoms with Crippen molar-refractivity contribution in [2.45, 2.75) is 33.2 Å². The van der Waals surface area contributed by atoms with E-state index in [2.05, 4.69) is 50.9 Å². The normalized spacial score (nSPS) is 10.5. The van der Waals surface area contributed by atoms with Crippen molar-refractivity contribution in [1.82, 2.24) is 10.2 Å². The lowest BCUT2D eigenvalue weighted by Crippen LogP contribution is -2.23. The van der Waals surface area contributed by atoms with E-state index >= 15 is 0 Å². The Kier molecular flexibility index (Phi) is 6.65. The van der Waals surface area contributed by atoms with Crippen molar-refractivity contribution in [1.29, 1.82) is 0 Å². The molecule has 0 radical (unpaired) electrons. The summed E-state index contributed by atoms with van der Waals surface area (Å²) in [6.45, 7) is 6.64. The minimum atomic E-state index is 0.746. The van der Waals surface area contributed by atoms with Crippen LogP contribution >= 0.6 is 15.9 Å². The van der Waals surface area contributed by atoms with Crippen LogP contribution in [0, 0.1) is 0 Å². The highest BCUT2D eigenvalue weighted by Crippen LogP contribution is 2.26. The molecule has 1 aromatic heterocycles. The van der Waals surface area contributed by atoms with Crippen molar-refractivity contribution < 1.29 is 4.74 Å². The lowest BCUT2D eigenvalue weighted by Gasteiger charge is -2.23. The summed E-state index contributed by atoms with van der Waals surface area (Å²) in [5.74, 6) is 1.82. The zero-order valence-corrected chi connectivity index (χ0v) is 14.7. The second-order valence-corrected chi connectivity index (χ2v) is 5.97. The van der Waals surface area contributed by atoms with Gasteiger partial charge in [-0.1, -0.05) is 29.3 Å². The van der Waals surface area contributed by atoms with Gasteiger partial charge in [-0.2, -0.15) is 5.10 Å². The van der Waals surface area contributed by atoms with Crippen molar-refractivity contribution in [2.75, 3.05) is 18.1 Å². The molecular weight excluding hydrogens is 342 g/mol. The Morgan fingerprint density at radius 2 is 2.09 bits per heavy atom. The molecule has 4 nitrogen and oxygen atoms in total. The molecule has 0 saturated carbocycles. The molecule has 2 rings (SSSR count). The highest BCUT2D eigenvalue weighted by atomic mass is 79.9. The van der Waals surface area contributed by atoms with Crippen molar-refractivity contribution in [3.05, 3.63) is 46.6 Å². The number of aromatic nitrogens is 2. The first-order valence-electron chi connectivity index (χ1n) is 7.68. The van der Waals surface area contributed by atoms with Gasteiger partial charge in [0.25, 0.3) is 0 Å². The molecule has 0 atom stereocenters. The van der Waals surface area contributed by atoms with Gasteiger partial charge >= 0.3 is 0 Å². The van der Waals surface area contributed by atoms with Gasteiger partial charge in [-0.15, -0.1) is 5.10 Å². The van der Waals surface area contributed by atoms with Crippen LogP contribution in [0.15, 0.2) is 41.0 Å². The summed E-state index contributed by atoms with van der Waals surface area (Å²) in [5, 5.41) is 8.16. The standard InChI is InChI=1S/C17H22BrN3O/c1-3-5-11-22-16-9-8-15(18)12-14(16)13-21(4-2)17-7-6-10-19-20-17/h6-10,12H,3-5,11,13H2,1-2H3. The zero-order valence-electron chi connectivity index (χ0n) is 13.1. The highest BCUT2D eigenvalue weighted by molar-refractivity contribution is 9.10. The van der Waals surface area contributed by atoms with Gasteiger partial charge in [0.1, 0.15) is 5.75 Å². The molecule has 0 aliphatic heterocycles. The molecule has 0 bridgehead atoms. The largest absolute Gasteiger partial charge is 0.493 e. The quantitative estimate of drug-likeness (QED) is 0.649. The molecule has 0 amide bonds. The van der Waals surface area contributed by atoms with E-state index in [1.807, 2.05) is 24.3 Å². The third kappa shape index (κ3) is 4.70. The lowest BCUT2D eigenvalue weighted by molar-refractivity contribution is 0.306. The second kappa shape index (κ2) is 8.73. The van der Waals surface area contributed by atoms with Crippen LogP contribution in [0.5, 0.6) is 5.75 Å². The Bertz CT molecular complexity index is 577. The fourth-order valence-electron chi connectivity index (χ4n) is 2.16. The number of hydrogen-bond acceptors (Lipinski definition) is 4. The van der Waals surface area contributed by atoms with E-state index in [0.717, 1.165) is 54.1 Å². The van der Waals surface area contributed by atoms with Crippen LogP contribution in [-0.2, 0) is 6.54 Å². The number of anilines is 1. The van der Waals surface area contributed by atoms with E-state index in [1.54, 1.807) is 6.20 Å². The Labute approximate surface area is 140 Å². The maximum absolute atomic E-state index is 5.93. The van der Waals surface area contributed by atoms with Crippen LogP contribution in [0.25, 0.3) is 0 Å². The third-order valence-corrected chi connectivity index (χ3v) is 3.90. The molecule has 0 spiro atoms. The van der Waals surface area contributed by atoms with Gasteiger partial charge in [0.15, 0.2) is 5.82 Å². The average Bonchev–Trinajstić information content (AvgIpc) is 2.55. The minimum absolute atomic E-state index is 0.746. The predicted octanol–water partition coefficient (Wildman–Crippen LogP) is 4.44. The van der Waals surface area contributed by atoms with E-state index in [1.165, 1.54) is 0 Å². The summed E-state index contributed by atoms with van der Waals surface area (Å²) in [4.78, 5) is 2.18. The van der Waals surface area contributed by atoms with Crippen molar-refractivity contribution in [2.24, 2.45) is 0 Å². The second-order valence-electron chi connectivity index (χ2n) is 5.05. The van der Waals surface area contributed by atoms with Gasteiger partial charge in [0.2, 0.25) is 0 Å². The maximum Gasteiger partial charge on any atom is 0.151 e. The molecule has 0 fully saturated rings. The van der Waals surface area contributed by atoms with Crippen LogP contribution in [0.2, 0.25) is 0 Å². The predicted molar refractivity (Wildman–Crippen MR) is 93.3 cm³/mol. The fourth-order valence-corrected chi connectivity index (χ4v) is 2.57. The molecule has 118 valence electrons. The maximum atomic E-state index is 5.93. The van der Waals surface area contributed by atoms with Crippen LogP contribution < -0.4 is 9.64 Å². The molecule has 0 unspecified atom stereocenters. The molecule has 0 aliphatic rings. The summed E-state index contributed by atoms with van der Waals surface area (Å²) in [6.07, 6.45) is 3.89. The topological polar surface area (TPSA) is 38.2 Å². The Morgan fingerprint density at radius 3 is 2.77 bits per heavy atom. The Morgan fingerprint density at radius 1 is 1.23 bits per heavy atom. The zero-order chi connectivity index (χ0) is 15.8. The first-order chi connectivity index (χ1) is 10.7. The van der Waals surface area contributed by atoms with Gasteiger partial charge in [0, 0.05) is 29.3 Å². The molecule has 1 aromatic carbocycles. The number of unbranched alkanes of at least 4 members (excludes halogenated alkanes) is 1.